The number of methoxy groups -OCH3 is 1. The van der Waals surface area contributed by atoms with Crippen molar-refractivity contribution in [1.82, 2.24) is 14.9 Å². The Balaban J connectivity index is 1.55. The van der Waals surface area contributed by atoms with E-state index in [1.54, 1.807) is 25.7 Å². The number of hydrogen-bond acceptors (Lipinski definition) is 5. The van der Waals surface area contributed by atoms with Gasteiger partial charge in [-0.25, -0.2) is 4.98 Å². The summed E-state index contributed by atoms with van der Waals surface area (Å²) < 4.78 is 5.36. The van der Waals surface area contributed by atoms with Gasteiger partial charge in [0, 0.05) is 43.5 Å². The van der Waals surface area contributed by atoms with Crippen LogP contribution in [0.25, 0.3) is 0 Å². The second-order valence-electron chi connectivity index (χ2n) is 6.24. The van der Waals surface area contributed by atoms with E-state index in [4.69, 9.17) is 4.74 Å². The molecule has 0 unspecified atom stereocenters. The third kappa shape index (κ3) is 2.53. The molecule has 0 radical (unpaired) electrons. The maximum atomic E-state index is 12.5. The van der Waals surface area contributed by atoms with Gasteiger partial charge >= 0.3 is 0 Å². The van der Waals surface area contributed by atoms with Crippen LogP contribution in [-0.2, 0) is 11.3 Å². The number of pyridine rings is 2. The molecular formula is C18H20N4O2. The van der Waals surface area contributed by atoms with E-state index in [-0.39, 0.29) is 18.0 Å². The fraction of sp³-hybridized carbons (Fsp3) is 0.389. The third-order valence-electron chi connectivity index (χ3n) is 4.95. The summed E-state index contributed by atoms with van der Waals surface area (Å²) in [6.45, 7) is 1.73. The molecule has 0 N–H and O–H groups in total. The Morgan fingerprint density at radius 2 is 2.12 bits per heavy atom. The van der Waals surface area contributed by atoms with Crippen LogP contribution < -0.4 is 9.64 Å². The molecule has 124 valence electrons. The molecule has 4 heterocycles. The first-order chi connectivity index (χ1) is 11.8. The highest BCUT2D eigenvalue weighted by Gasteiger charge is 2.47. The first kappa shape index (κ1) is 15.1. The maximum absolute atomic E-state index is 12.5. The van der Waals surface area contributed by atoms with Gasteiger partial charge in [-0.05, 0) is 24.6 Å². The Hall–Kier alpha value is -2.47. The van der Waals surface area contributed by atoms with Crippen molar-refractivity contribution in [3.63, 3.8) is 0 Å². The molecule has 2 fully saturated rings. The van der Waals surface area contributed by atoms with E-state index in [1.165, 1.54) is 0 Å². The summed E-state index contributed by atoms with van der Waals surface area (Å²) >= 11 is 0. The standard InChI is InChI=1S/C18H20N4O2/c1-24-18-13(4-2-8-20-18)12-21-9-6-15-16(21)10-17(23)22(15)14-5-3-7-19-11-14/h2-5,7-8,11,15-16H,6,9-10,12H2,1H3/t15-,16+/m1/s1. The second kappa shape index (κ2) is 6.20. The average molecular weight is 324 g/mol. The molecule has 2 aromatic rings. The number of ether oxygens (including phenoxy) is 1. The van der Waals surface area contributed by atoms with E-state index in [2.05, 4.69) is 14.9 Å². The van der Waals surface area contributed by atoms with Gasteiger partial charge in [0.05, 0.1) is 25.0 Å². The third-order valence-corrected chi connectivity index (χ3v) is 4.95. The Bertz CT molecular complexity index is 737. The normalized spacial score (nSPS) is 23.5. The lowest BCUT2D eigenvalue weighted by Gasteiger charge is -2.25. The summed E-state index contributed by atoms with van der Waals surface area (Å²) in [7, 11) is 1.64. The summed E-state index contributed by atoms with van der Waals surface area (Å²) in [4.78, 5) is 25.3. The van der Waals surface area contributed by atoms with Crippen molar-refractivity contribution >= 4 is 11.6 Å². The van der Waals surface area contributed by atoms with Gasteiger partial charge in [0.25, 0.3) is 0 Å². The molecule has 0 bridgehead atoms. The van der Waals surface area contributed by atoms with E-state index in [0.29, 0.717) is 12.3 Å². The first-order valence-electron chi connectivity index (χ1n) is 8.22. The predicted molar refractivity (Wildman–Crippen MR) is 89.7 cm³/mol. The van der Waals surface area contributed by atoms with Crippen molar-refractivity contribution < 1.29 is 9.53 Å². The molecular weight excluding hydrogens is 304 g/mol. The summed E-state index contributed by atoms with van der Waals surface area (Å²) in [5.41, 5.74) is 1.96. The molecule has 0 spiro atoms. The van der Waals surface area contributed by atoms with E-state index >= 15 is 0 Å². The second-order valence-corrected chi connectivity index (χ2v) is 6.24. The maximum Gasteiger partial charge on any atom is 0.229 e. The topological polar surface area (TPSA) is 58.6 Å². The fourth-order valence-corrected chi connectivity index (χ4v) is 3.90. The van der Waals surface area contributed by atoms with Crippen LogP contribution in [-0.4, -0.2) is 46.5 Å². The number of fused-ring (bicyclic) bond motifs is 1. The molecule has 0 saturated carbocycles. The van der Waals surface area contributed by atoms with Crippen molar-refractivity contribution in [3.8, 4) is 5.88 Å². The number of likely N-dealkylation sites (tertiary alicyclic amines) is 1. The molecule has 1 amide bonds. The van der Waals surface area contributed by atoms with E-state index in [0.717, 1.165) is 30.8 Å². The van der Waals surface area contributed by atoms with Gasteiger partial charge in [-0.2, -0.15) is 0 Å². The van der Waals surface area contributed by atoms with E-state index in [1.807, 2.05) is 29.2 Å². The fourth-order valence-electron chi connectivity index (χ4n) is 3.90. The number of rotatable bonds is 4. The number of anilines is 1. The van der Waals surface area contributed by atoms with Crippen LogP contribution in [0, 0.1) is 0 Å². The zero-order chi connectivity index (χ0) is 16.5. The zero-order valence-corrected chi connectivity index (χ0v) is 13.6. The monoisotopic (exact) mass is 324 g/mol. The predicted octanol–water partition coefficient (Wildman–Crippen LogP) is 1.86. The van der Waals surface area contributed by atoms with Crippen LogP contribution in [0.3, 0.4) is 0 Å². The highest BCUT2D eigenvalue weighted by Crippen LogP contribution is 2.36. The lowest BCUT2D eigenvalue weighted by Crippen LogP contribution is -2.37. The van der Waals surface area contributed by atoms with E-state index < -0.39 is 0 Å². The number of aromatic nitrogens is 2. The summed E-state index contributed by atoms with van der Waals surface area (Å²) in [5.74, 6) is 0.843. The molecule has 4 rings (SSSR count). The lowest BCUT2D eigenvalue weighted by molar-refractivity contribution is -0.117. The van der Waals surface area contributed by atoms with Crippen molar-refractivity contribution in [1.29, 1.82) is 0 Å². The molecule has 2 aliphatic rings. The molecule has 2 aromatic heterocycles. The van der Waals surface area contributed by atoms with Gasteiger partial charge < -0.3 is 9.64 Å². The van der Waals surface area contributed by atoms with Crippen molar-refractivity contribution in [2.45, 2.75) is 31.5 Å². The lowest BCUT2D eigenvalue weighted by atomic mass is 10.1. The largest absolute Gasteiger partial charge is 0.481 e. The molecule has 0 aromatic carbocycles. The average Bonchev–Trinajstić information content (AvgIpc) is 3.14. The number of carbonyl (C=O) groups is 1. The smallest absolute Gasteiger partial charge is 0.229 e. The minimum absolute atomic E-state index is 0.181. The highest BCUT2D eigenvalue weighted by molar-refractivity contribution is 5.97. The van der Waals surface area contributed by atoms with Crippen molar-refractivity contribution in [2.24, 2.45) is 0 Å². The van der Waals surface area contributed by atoms with Crippen LogP contribution in [0.15, 0.2) is 42.9 Å². The Kier molecular flexibility index (Phi) is 3.90. The first-order valence-corrected chi connectivity index (χ1v) is 8.22. The molecule has 6 heteroatoms. The van der Waals surface area contributed by atoms with Crippen LogP contribution >= 0.6 is 0 Å². The summed E-state index contributed by atoms with van der Waals surface area (Å²) in [6, 6.07) is 8.26. The van der Waals surface area contributed by atoms with Gasteiger partial charge in [-0.15, -0.1) is 0 Å². The van der Waals surface area contributed by atoms with Crippen LogP contribution in [0.4, 0.5) is 5.69 Å². The highest BCUT2D eigenvalue weighted by atomic mass is 16.5. The molecule has 24 heavy (non-hydrogen) atoms. The summed E-state index contributed by atoms with van der Waals surface area (Å²) in [5, 5.41) is 0. The minimum atomic E-state index is 0.181. The molecule has 2 aliphatic heterocycles. The molecule has 2 atom stereocenters. The van der Waals surface area contributed by atoms with Gasteiger partial charge in [0.15, 0.2) is 0 Å². The number of amides is 1. The quantitative estimate of drug-likeness (QED) is 0.859. The van der Waals surface area contributed by atoms with E-state index in [9.17, 15) is 4.79 Å². The van der Waals surface area contributed by atoms with Crippen LogP contribution in [0.1, 0.15) is 18.4 Å². The molecule has 2 saturated heterocycles. The molecule has 6 nitrogen and oxygen atoms in total. The Morgan fingerprint density at radius 1 is 1.25 bits per heavy atom. The number of hydrogen-bond donors (Lipinski definition) is 0. The summed E-state index contributed by atoms with van der Waals surface area (Å²) in [6.07, 6.45) is 6.78. The van der Waals surface area contributed by atoms with Crippen molar-refractivity contribution in [2.75, 3.05) is 18.6 Å². The van der Waals surface area contributed by atoms with Gasteiger partial charge in [-0.1, -0.05) is 6.07 Å². The minimum Gasteiger partial charge on any atom is -0.481 e. The van der Waals surface area contributed by atoms with Crippen LogP contribution in [0.2, 0.25) is 0 Å². The van der Waals surface area contributed by atoms with Gasteiger partial charge in [0.1, 0.15) is 0 Å². The zero-order valence-electron chi connectivity index (χ0n) is 13.6. The Morgan fingerprint density at radius 3 is 2.92 bits per heavy atom. The number of carbonyl (C=O) groups excluding carboxylic acids is 1. The number of nitrogens with zero attached hydrogens (tertiary/aromatic N) is 4. The van der Waals surface area contributed by atoms with Gasteiger partial charge in [0.2, 0.25) is 11.8 Å². The Labute approximate surface area is 141 Å². The van der Waals surface area contributed by atoms with Crippen LogP contribution in [0.5, 0.6) is 5.88 Å². The van der Waals surface area contributed by atoms with Crippen molar-refractivity contribution in [3.05, 3.63) is 48.4 Å². The SMILES string of the molecule is COc1ncccc1CN1CC[C@@H]2[C@@H]1CC(=O)N2c1cccnc1. The van der Waals surface area contributed by atoms with Gasteiger partial charge in [-0.3, -0.25) is 14.7 Å². The molecule has 0 aliphatic carbocycles.